The number of aliphatic carboxylic acids is 1. The molecule has 1 spiro atoms. The highest BCUT2D eigenvalue weighted by Gasteiger charge is 2.48. The topological polar surface area (TPSA) is 81.2 Å². The summed E-state index contributed by atoms with van der Waals surface area (Å²) in [6.45, 7) is 2.24. The van der Waals surface area contributed by atoms with Gasteiger partial charge >= 0.3 is 12.1 Å². The third-order valence-electron chi connectivity index (χ3n) is 5.95. The number of carboxylic acids is 1. The summed E-state index contributed by atoms with van der Waals surface area (Å²) in [6.07, 6.45) is -3.97. The van der Waals surface area contributed by atoms with E-state index in [4.69, 9.17) is 9.90 Å². The van der Waals surface area contributed by atoms with E-state index < -0.39 is 12.1 Å². The lowest BCUT2D eigenvalue weighted by Gasteiger charge is -2.46. The first-order chi connectivity index (χ1) is 15.9. The Labute approximate surface area is 197 Å². The van der Waals surface area contributed by atoms with Gasteiger partial charge in [-0.2, -0.15) is 24.5 Å². The SMILES string of the molecule is CN1CC(=O)N(c2ccsc2)CC12CCN(C(=O)Cc1ccc(F)cc1)C2.O=C(O)C(F)(F)F. The second-order valence-electron chi connectivity index (χ2n) is 8.21. The molecular formula is C22H23F4N3O4S. The number of hydrogen-bond donors (Lipinski definition) is 1. The van der Waals surface area contributed by atoms with E-state index in [1.807, 2.05) is 33.7 Å². The van der Waals surface area contributed by atoms with Crippen molar-refractivity contribution in [3.63, 3.8) is 0 Å². The fourth-order valence-corrected chi connectivity index (χ4v) is 4.65. The fourth-order valence-electron chi connectivity index (χ4n) is 4.00. The molecule has 0 saturated carbocycles. The maximum atomic E-state index is 13.1. The van der Waals surface area contributed by atoms with Crippen LogP contribution in [0.4, 0.5) is 23.2 Å². The van der Waals surface area contributed by atoms with Crippen molar-refractivity contribution in [3.8, 4) is 0 Å². The van der Waals surface area contributed by atoms with Gasteiger partial charge < -0.3 is 14.9 Å². The van der Waals surface area contributed by atoms with Crippen molar-refractivity contribution >= 4 is 34.8 Å². The molecule has 7 nitrogen and oxygen atoms in total. The highest BCUT2D eigenvalue weighted by molar-refractivity contribution is 7.08. The summed E-state index contributed by atoms with van der Waals surface area (Å²) in [6, 6.07) is 8.04. The summed E-state index contributed by atoms with van der Waals surface area (Å²) in [5, 5.41) is 11.1. The largest absolute Gasteiger partial charge is 0.490 e. The fraction of sp³-hybridized carbons (Fsp3) is 0.409. The van der Waals surface area contributed by atoms with Gasteiger partial charge in [-0.1, -0.05) is 12.1 Å². The Hall–Kier alpha value is -2.99. The highest BCUT2D eigenvalue weighted by atomic mass is 32.1. The maximum Gasteiger partial charge on any atom is 0.490 e. The normalized spacial score (nSPS) is 20.9. The highest BCUT2D eigenvalue weighted by Crippen LogP contribution is 2.34. The van der Waals surface area contributed by atoms with Gasteiger partial charge in [0.15, 0.2) is 0 Å². The van der Waals surface area contributed by atoms with Crippen LogP contribution in [0, 0.1) is 5.82 Å². The first-order valence-electron chi connectivity index (χ1n) is 10.3. The summed E-state index contributed by atoms with van der Waals surface area (Å²) in [5.41, 5.74) is 1.54. The Kier molecular flexibility index (Phi) is 7.61. The Morgan fingerprint density at radius 2 is 1.79 bits per heavy atom. The van der Waals surface area contributed by atoms with E-state index in [2.05, 4.69) is 4.90 Å². The molecule has 2 saturated heterocycles. The molecule has 2 aliphatic rings. The average Bonchev–Trinajstić information content (AvgIpc) is 3.43. The molecule has 1 atom stereocenters. The number of rotatable bonds is 3. The number of hydrogen-bond acceptors (Lipinski definition) is 5. The predicted molar refractivity (Wildman–Crippen MR) is 117 cm³/mol. The van der Waals surface area contributed by atoms with Crippen molar-refractivity contribution in [2.45, 2.75) is 24.6 Å². The molecule has 1 aromatic heterocycles. The molecule has 2 aromatic rings. The maximum absolute atomic E-state index is 13.1. The number of carbonyl (C=O) groups is 3. The second kappa shape index (κ2) is 10.1. The monoisotopic (exact) mass is 501 g/mol. The van der Waals surface area contributed by atoms with E-state index in [9.17, 15) is 27.2 Å². The Morgan fingerprint density at radius 3 is 2.35 bits per heavy atom. The first kappa shape index (κ1) is 25.6. The van der Waals surface area contributed by atoms with Crippen LogP contribution in [0.2, 0.25) is 0 Å². The Morgan fingerprint density at radius 1 is 1.15 bits per heavy atom. The zero-order valence-electron chi connectivity index (χ0n) is 18.2. The molecule has 184 valence electrons. The van der Waals surface area contributed by atoms with Crippen molar-refractivity contribution in [2.75, 3.05) is 38.1 Å². The van der Waals surface area contributed by atoms with Gasteiger partial charge in [0.2, 0.25) is 11.8 Å². The van der Waals surface area contributed by atoms with E-state index in [0.29, 0.717) is 26.2 Å². The van der Waals surface area contributed by atoms with Crippen LogP contribution in [0.5, 0.6) is 0 Å². The number of nitrogens with zero attached hydrogens (tertiary/aromatic N) is 3. The predicted octanol–water partition coefficient (Wildman–Crippen LogP) is 3.01. The van der Waals surface area contributed by atoms with Gasteiger partial charge in [-0.3, -0.25) is 14.5 Å². The molecule has 0 bridgehead atoms. The molecule has 12 heteroatoms. The van der Waals surface area contributed by atoms with E-state index in [1.165, 1.54) is 12.1 Å². The average molecular weight is 502 g/mol. The minimum Gasteiger partial charge on any atom is -0.475 e. The zero-order chi connectivity index (χ0) is 25.1. The lowest BCUT2D eigenvalue weighted by Crippen LogP contribution is -2.64. The number of likely N-dealkylation sites (tertiary alicyclic amines) is 1. The van der Waals surface area contributed by atoms with Gasteiger partial charge in [0.1, 0.15) is 5.82 Å². The number of amides is 2. The van der Waals surface area contributed by atoms with E-state index in [0.717, 1.165) is 17.7 Å². The van der Waals surface area contributed by atoms with Gasteiger partial charge in [0.25, 0.3) is 0 Å². The van der Waals surface area contributed by atoms with Gasteiger partial charge in [-0.05, 0) is 42.6 Å². The molecule has 2 aliphatic heterocycles. The lowest BCUT2D eigenvalue weighted by molar-refractivity contribution is -0.192. The Balaban J connectivity index is 0.000000406. The number of piperazine rings is 1. The van der Waals surface area contributed by atoms with Gasteiger partial charge in [-0.25, -0.2) is 9.18 Å². The van der Waals surface area contributed by atoms with E-state index >= 15 is 0 Å². The van der Waals surface area contributed by atoms with Crippen LogP contribution in [-0.2, 0) is 20.8 Å². The number of benzene rings is 1. The number of thiophene rings is 1. The minimum absolute atomic E-state index is 0.0471. The Bertz CT molecular complexity index is 1030. The van der Waals surface area contributed by atoms with Gasteiger partial charge in [0, 0.05) is 25.0 Å². The van der Waals surface area contributed by atoms with Crippen LogP contribution in [0.3, 0.4) is 0 Å². The minimum atomic E-state index is -5.08. The molecule has 1 N–H and O–H groups in total. The number of alkyl halides is 3. The van der Waals surface area contributed by atoms with Crippen molar-refractivity contribution in [3.05, 3.63) is 52.5 Å². The molecule has 1 unspecified atom stereocenters. The number of halogens is 4. The standard InChI is InChI=1S/C20H22FN3O2S.C2HF3O2/c1-22-11-19(26)24(17-6-9-27-12-17)14-20(22)7-8-23(13-20)18(25)10-15-2-4-16(21)5-3-15;3-2(4,5)1(6)7/h2-6,9,12H,7-8,10-11,13-14H2,1H3;(H,6,7). The second-order valence-corrected chi connectivity index (χ2v) is 8.99. The smallest absolute Gasteiger partial charge is 0.475 e. The summed E-state index contributed by atoms with van der Waals surface area (Å²) in [5.74, 6) is -2.91. The van der Waals surface area contributed by atoms with Crippen LogP contribution in [0.1, 0.15) is 12.0 Å². The molecule has 2 fully saturated rings. The molecule has 4 rings (SSSR count). The number of carboxylic acid groups (broad SMARTS) is 1. The first-order valence-corrected chi connectivity index (χ1v) is 11.2. The third-order valence-corrected chi connectivity index (χ3v) is 6.62. The molecule has 34 heavy (non-hydrogen) atoms. The lowest BCUT2D eigenvalue weighted by atomic mass is 9.93. The molecule has 2 amide bonds. The molecular weight excluding hydrogens is 478 g/mol. The number of anilines is 1. The molecule has 0 radical (unpaired) electrons. The van der Waals surface area contributed by atoms with Crippen LogP contribution in [0.25, 0.3) is 0 Å². The molecule has 0 aliphatic carbocycles. The molecule has 3 heterocycles. The van der Waals surface area contributed by atoms with Crippen LogP contribution >= 0.6 is 11.3 Å². The zero-order valence-corrected chi connectivity index (χ0v) is 19.0. The van der Waals surface area contributed by atoms with E-state index in [1.54, 1.807) is 23.5 Å². The summed E-state index contributed by atoms with van der Waals surface area (Å²) in [4.78, 5) is 40.0. The summed E-state index contributed by atoms with van der Waals surface area (Å²) in [7, 11) is 1.97. The van der Waals surface area contributed by atoms with Crippen molar-refractivity contribution in [1.29, 1.82) is 0 Å². The van der Waals surface area contributed by atoms with E-state index in [-0.39, 0.29) is 29.6 Å². The number of likely N-dealkylation sites (N-methyl/N-ethyl adjacent to an activating group) is 1. The van der Waals surface area contributed by atoms with Crippen LogP contribution < -0.4 is 4.90 Å². The quantitative estimate of drug-likeness (QED) is 0.655. The van der Waals surface area contributed by atoms with Crippen molar-refractivity contribution in [1.82, 2.24) is 9.80 Å². The van der Waals surface area contributed by atoms with Crippen molar-refractivity contribution < 1.29 is 37.1 Å². The molecule has 1 aromatic carbocycles. The summed E-state index contributed by atoms with van der Waals surface area (Å²) >= 11 is 1.58. The van der Waals surface area contributed by atoms with Crippen LogP contribution in [0.15, 0.2) is 41.1 Å². The third kappa shape index (κ3) is 5.92. The van der Waals surface area contributed by atoms with Gasteiger partial charge in [-0.15, -0.1) is 0 Å². The van der Waals surface area contributed by atoms with Crippen LogP contribution in [-0.4, -0.2) is 77.6 Å². The van der Waals surface area contributed by atoms with Gasteiger partial charge in [0.05, 0.1) is 24.2 Å². The summed E-state index contributed by atoms with van der Waals surface area (Å²) < 4.78 is 44.8. The number of carbonyl (C=O) groups excluding carboxylic acids is 2. The van der Waals surface area contributed by atoms with Crippen molar-refractivity contribution in [2.24, 2.45) is 0 Å².